The lowest BCUT2D eigenvalue weighted by atomic mass is 10.3. The summed E-state index contributed by atoms with van der Waals surface area (Å²) in [4.78, 5) is 24.9. The minimum absolute atomic E-state index is 0.00847. The molecule has 2 amide bonds. The molecule has 1 fully saturated rings. The molecular weight excluding hydrogens is 308 g/mol. The molecule has 1 aliphatic heterocycles. The SMILES string of the molecule is CC(=O)NCCCSC1CCN(c2ccc(Cl)cc2)C1=O. The molecule has 1 aromatic rings. The Morgan fingerprint density at radius 3 is 2.81 bits per heavy atom. The van der Waals surface area contributed by atoms with Crippen molar-refractivity contribution in [2.75, 3.05) is 23.7 Å². The van der Waals surface area contributed by atoms with Crippen molar-refractivity contribution in [3.63, 3.8) is 0 Å². The molecule has 21 heavy (non-hydrogen) atoms. The monoisotopic (exact) mass is 326 g/mol. The van der Waals surface area contributed by atoms with Crippen molar-refractivity contribution >= 4 is 40.9 Å². The molecule has 1 saturated heterocycles. The molecule has 0 spiro atoms. The number of hydrogen-bond donors (Lipinski definition) is 1. The van der Waals surface area contributed by atoms with Crippen molar-refractivity contribution in [2.45, 2.75) is 25.0 Å². The zero-order valence-corrected chi connectivity index (χ0v) is 13.5. The Bertz CT molecular complexity index is 507. The van der Waals surface area contributed by atoms with E-state index in [4.69, 9.17) is 11.6 Å². The number of carbonyl (C=O) groups excluding carboxylic acids is 2. The van der Waals surface area contributed by atoms with Crippen LogP contribution in [0.5, 0.6) is 0 Å². The third kappa shape index (κ3) is 4.64. The van der Waals surface area contributed by atoms with E-state index in [1.807, 2.05) is 17.0 Å². The van der Waals surface area contributed by atoms with Crippen LogP contribution in [-0.2, 0) is 9.59 Å². The molecule has 1 atom stereocenters. The van der Waals surface area contributed by atoms with Crippen LogP contribution in [0, 0.1) is 0 Å². The zero-order valence-electron chi connectivity index (χ0n) is 12.0. The highest BCUT2D eigenvalue weighted by Gasteiger charge is 2.32. The van der Waals surface area contributed by atoms with E-state index in [9.17, 15) is 9.59 Å². The summed E-state index contributed by atoms with van der Waals surface area (Å²) in [7, 11) is 0. The molecule has 114 valence electrons. The van der Waals surface area contributed by atoms with Crippen molar-refractivity contribution < 1.29 is 9.59 Å². The van der Waals surface area contributed by atoms with Gasteiger partial charge in [0.25, 0.3) is 0 Å². The van der Waals surface area contributed by atoms with E-state index in [0.717, 1.165) is 30.8 Å². The van der Waals surface area contributed by atoms with Crippen LogP contribution in [0.1, 0.15) is 19.8 Å². The first kappa shape index (κ1) is 16.2. The van der Waals surface area contributed by atoms with Gasteiger partial charge in [0.1, 0.15) is 0 Å². The van der Waals surface area contributed by atoms with E-state index in [-0.39, 0.29) is 17.1 Å². The van der Waals surface area contributed by atoms with Gasteiger partial charge in [-0.1, -0.05) is 11.6 Å². The third-order valence-corrected chi connectivity index (χ3v) is 4.92. The van der Waals surface area contributed by atoms with Crippen molar-refractivity contribution in [3.05, 3.63) is 29.3 Å². The summed E-state index contributed by atoms with van der Waals surface area (Å²) >= 11 is 7.54. The van der Waals surface area contributed by atoms with Crippen molar-refractivity contribution in [1.82, 2.24) is 5.32 Å². The number of nitrogens with zero attached hydrogens (tertiary/aromatic N) is 1. The molecule has 4 nitrogen and oxygen atoms in total. The third-order valence-electron chi connectivity index (χ3n) is 3.31. The van der Waals surface area contributed by atoms with Gasteiger partial charge in [0.2, 0.25) is 11.8 Å². The molecule has 0 bridgehead atoms. The minimum atomic E-state index is -0.00847. The summed E-state index contributed by atoms with van der Waals surface area (Å²) in [5, 5.41) is 3.46. The standard InChI is InChI=1S/C15H19ClN2O2S/c1-11(19)17-8-2-10-21-14-7-9-18(15(14)20)13-5-3-12(16)4-6-13/h3-6,14H,2,7-10H2,1H3,(H,17,19). The van der Waals surface area contributed by atoms with Crippen LogP contribution in [0.25, 0.3) is 0 Å². The lowest BCUT2D eigenvalue weighted by Crippen LogP contribution is -2.28. The number of halogens is 1. The van der Waals surface area contributed by atoms with Crippen LogP contribution in [0.15, 0.2) is 24.3 Å². The van der Waals surface area contributed by atoms with Gasteiger partial charge in [0.15, 0.2) is 0 Å². The van der Waals surface area contributed by atoms with Crippen molar-refractivity contribution in [3.8, 4) is 0 Å². The number of nitrogens with one attached hydrogen (secondary N) is 1. The van der Waals surface area contributed by atoms with E-state index in [1.165, 1.54) is 6.92 Å². The lowest BCUT2D eigenvalue weighted by molar-refractivity contribution is -0.119. The highest BCUT2D eigenvalue weighted by atomic mass is 35.5. The van der Waals surface area contributed by atoms with Crippen LogP contribution in [0.4, 0.5) is 5.69 Å². The van der Waals surface area contributed by atoms with Gasteiger partial charge in [-0.15, -0.1) is 11.8 Å². The van der Waals surface area contributed by atoms with Gasteiger partial charge in [-0.25, -0.2) is 0 Å². The first-order valence-corrected chi connectivity index (χ1v) is 8.43. The molecule has 1 unspecified atom stereocenters. The maximum absolute atomic E-state index is 12.4. The fraction of sp³-hybridized carbons (Fsp3) is 0.467. The van der Waals surface area contributed by atoms with Crippen molar-refractivity contribution in [2.24, 2.45) is 0 Å². The second kappa shape index (κ2) is 7.71. The molecule has 1 aromatic carbocycles. The molecule has 0 saturated carbocycles. The highest BCUT2D eigenvalue weighted by molar-refractivity contribution is 8.00. The number of amides is 2. The number of carbonyl (C=O) groups is 2. The average molecular weight is 327 g/mol. The number of anilines is 1. The highest BCUT2D eigenvalue weighted by Crippen LogP contribution is 2.29. The van der Waals surface area contributed by atoms with Gasteiger partial charge >= 0.3 is 0 Å². The molecule has 0 radical (unpaired) electrons. The second-order valence-corrected chi connectivity index (χ2v) is 6.70. The maximum atomic E-state index is 12.4. The van der Waals surface area contributed by atoms with E-state index in [1.54, 1.807) is 23.9 Å². The molecule has 6 heteroatoms. The van der Waals surface area contributed by atoms with Gasteiger partial charge < -0.3 is 10.2 Å². The fourth-order valence-electron chi connectivity index (χ4n) is 2.25. The van der Waals surface area contributed by atoms with E-state index in [2.05, 4.69) is 5.32 Å². The van der Waals surface area contributed by atoms with Crippen molar-refractivity contribution in [1.29, 1.82) is 0 Å². The summed E-state index contributed by atoms with van der Waals surface area (Å²) in [6, 6.07) is 7.37. The summed E-state index contributed by atoms with van der Waals surface area (Å²) in [6.45, 7) is 2.94. The van der Waals surface area contributed by atoms with Crippen LogP contribution < -0.4 is 10.2 Å². The predicted molar refractivity (Wildman–Crippen MR) is 88.0 cm³/mol. The van der Waals surface area contributed by atoms with E-state index < -0.39 is 0 Å². The largest absolute Gasteiger partial charge is 0.356 e. The normalized spacial score (nSPS) is 18.1. The van der Waals surface area contributed by atoms with Gasteiger partial charge in [-0.2, -0.15) is 0 Å². The van der Waals surface area contributed by atoms with Crippen LogP contribution in [0.2, 0.25) is 5.02 Å². The van der Waals surface area contributed by atoms with Crippen LogP contribution >= 0.6 is 23.4 Å². The summed E-state index contributed by atoms with van der Waals surface area (Å²) in [5.74, 6) is 1.04. The Morgan fingerprint density at radius 1 is 1.43 bits per heavy atom. The Kier molecular flexibility index (Phi) is 5.94. The Labute approximate surface area is 134 Å². The van der Waals surface area contributed by atoms with E-state index in [0.29, 0.717) is 11.6 Å². The Hall–Kier alpha value is -1.20. The average Bonchev–Trinajstić information content (AvgIpc) is 2.81. The Balaban J connectivity index is 1.79. The first-order chi connectivity index (χ1) is 10.1. The summed E-state index contributed by atoms with van der Waals surface area (Å²) in [5.41, 5.74) is 0.908. The number of benzene rings is 1. The van der Waals surface area contributed by atoms with E-state index >= 15 is 0 Å². The Morgan fingerprint density at radius 2 is 2.14 bits per heavy atom. The molecule has 2 rings (SSSR count). The fourth-order valence-corrected chi connectivity index (χ4v) is 3.51. The first-order valence-electron chi connectivity index (χ1n) is 7.01. The molecule has 0 aromatic heterocycles. The predicted octanol–water partition coefficient (Wildman–Crippen LogP) is 2.70. The number of rotatable bonds is 6. The summed E-state index contributed by atoms with van der Waals surface area (Å²) in [6.07, 6.45) is 1.75. The zero-order chi connectivity index (χ0) is 15.2. The molecule has 0 aliphatic carbocycles. The topological polar surface area (TPSA) is 49.4 Å². The summed E-state index contributed by atoms with van der Waals surface area (Å²) < 4.78 is 0. The number of hydrogen-bond acceptors (Lipinski definition) is 3. The molecule has 1 heterocycles. The minimum Gasteiger partial charge on any atom is -0.356 e. The smallest absolute Gasteiger partial charge is 0.240 e. The van der Waals surface area contributed by atoms with Crippen LogP contribution in [-0.4, -0.2) is 35.9 Å². The van der Waals surface area contributed by atoms with Gasteiger partial charge in [-0.05, 0) is 42.9 Å². The molecule has 1 N–H and O–H groups in total. The van der Waals surface area contributed by atoms with Crippen LogP contribution in [0.3, 0.4) is 0 Å². The number of thioether (sulfide) groups is 1. The molecular formula is C15H19ClN2O2S. The van der Waals surface area contributed by atoms with Gasteiger partial charge in [0.05, 0.1) is 5.25 Å². The van der Waals surface area contributed by atoms with Gasteiger partial charge in [0, 0.05) is 30.7 Å². The second-order valence-electron chi connectivity index (χ2n) is 4.95. The lowest BCUT2D eigenvalue weighted by Gasteiger charge is -2.16. The quantitative estimate of drug-likeness (QED) is 0.818. The van der Waals surface area contributed by atoms with Gasteiger partial charge in [-0.3, -0.25) is 9.59 Å². The maximum Gasteiger partial charge on any atom is 0.240 e. The molecule has 1 aliphatic rings.